The SMILES string of the molecule is NC(=O)c1cc[nH]c1C1CCCN(C2CCSCC2)C1. The zero-order valence-corrected chi connectivity index (χ0v) is 12.6. The van der Waals surface area contributed by atoms with Crippen molar-refractivity contribution >= 4 is 17.7 Å². The van der Waals surface area contributed by atoms with Crippen molar-refractivity contribution in [1.29, 1.82) is 0 Å². The number of carbonyl (C=O) groups excluding carboxylic acids is 1. The van der Waals surface area contributed by atoms with E-state index < -0.39 is 0 Å². The van der Waals surface area contributed by atoms with E-state index in [4.69, 9.17) is 5.73 Å². The summed E-state index contributed by atoms with van der Waals surface area (Å²) in [5, 5.41) is 0. The number of rotatable bonds is 3. The van der Waals surface area contributed by atoms with Gasteiger partial charge in [-0.2, -0.15) is 11.8 Å². The highest BCUT2D eigenvalue weighted by atomic mass is 32.2. The number of thioether (sulfide) groups is 1. The Morgan fingerprint density at radius 1 is 1.35 bits per heavy atom. The van der Waals surface area contributed by atoms with Crippen LogP contribution in [0.2, 0.25) is 0 Å². The van der Waals surface area contributed by atoms with E-state index in [0.717, 1.165) is 24.7 Å². The van der Waals surface area contributed by atoms with Gasteiger partial charge in [-0.05, 0) is 49.8 Å². The van der Waals surface area contributed by atoms with Crippen molar-refractivity contribution < 1.29 is 4.79 Å². The highest BCUT2D eigenvalue weighted by Gasteiger charge is 2.29. The van der Waals surface area contributed by atoms with Crippen molar-refractivity contribution in [1.82, 2.24) is 9.88 Å². The van der Waals surface area contributed by atoms with Crippen molar-refractivity contribution in [2.45, 2.75) is 37.6 Å². The fourth-order valence-corrected chi connectivity index (χ4v) is 4.64. The summed E-state index contributed by atoms with van der Waals surface area (Å²) in [5.41, 5.74) is 7.19. The second-order valence-electron chi connectivity index (χ2n) is 5.85. The summed E-state index contributed by atoms with van der Waals surface area (Å²) in [5.74, 6) is 2.70. The second-order valence-corrected chi connectivity index (χ2v) is 7.07. The Morgan fingerprint density at radius 2 is 2.15 bits per heavy atom. The fourth-order valence-electron chi connectivity index (χ4n) is 3.56. The molecule has 3 heterocycles. The van der Waals surface area contributed by atoms with E-state index in [1.54, 1.807) is 0 Å². The van der Waals surface area contributed by atoms with Crippen LogP contribution in [0.4, 0.5) is 0 Å². The van der Waals surface area contributed by atoms with Gasteiger partial charge in [0.15, 0.2) is 0 Å². The van der Waals surface area contributed by atoms with E-state index in [1.165, 1.54) is 37.3 Å². The molecule has 2 aliphatic heterocycles. The van der Waals surface area contributed by atoms with Gasteiger partial charge in [0.05, 0.1) is 5.56 Å². The number of primary amides is 1. The van der Waals surface area contributed by atoms with Crippen LogP contribution in [0, 0.1) is 0 Å². The van der Waals surface area contributed by atoms with Crippen molar-refractivity contribution in [3.8, 4) is 0 Å². The van der Waals surface area contributed by atoms with E-state index in [9.17, 15) is 4.79 Å². The molecule has 3 rings (SSSR count). The molecule has 110 valence electrons. The highest BCUT2D eigenvalue weighted by molar-refractivity contribution is 7.99. The van der Waals surface area contributed by atoms with Crippen LogP contribution in [0.3, 0.4) is 0 Å². The summed E-state index contributed by atoms with van der Waals surface area (Å²) in [6.07, 6.45) is 6.82. The van der Waals surface area contributed by atoms with Gasteiger partial charge >= 0.3 is 0 Å². The molecular formula is C15H23N3OS. The number of piperidine rings is 1. The minimum absolute atomic E-state index is 0.313. The molecule has 2 saturated heterocycles. The Balaban J connectivity index is 1.71. The van der Waals surface area contributed by atoms with E-state index in [0.29, 0.717) is 11.5 Å². The number of nitrogens with zero attached hydrogens (tertiary/aromatic N) is 1. The summed E-state index contributed by atoms with van der Waals surface area (Å²) in [6.45, 7) is 2.27. The molecule has 0 aliphatic carbocycles. The Bertz CT molecular complexity index is 467. The van der Waals surface area contributed by atoms with Crippen molar-refractivity contribution in [2.24, 2.45) is 5.73 Å². The molecular weight excluding hydrogens is 270 g/mol. The number of aromatic amines is 1. The standard InChI is InChI=1S/C15H23N3OS/c16-15(19)13-3-6-17-14(13)11-2-1-7-18(10-11)12-4-8-20-9-5-12/h3,6,11-12,17H,1-2,4-5,7-10H2,(H2,16,19). The predicted molar refractivity (Wildman–Crippen MR) is 83.2 cm³/mol. The van der Waals surface area contributed by atoms with Crippen LogP contribution in [0.1, 0.15) is 47.7 Å². The van der Waals surface area contributed by atoms with Gasteiger partial charge in [-0.3, -0.25) is 9.69 Å². The number of nitrogens with one attached hydrogen (secondary N) is 1. The predicted octanol–water partition coefficient (Wildman–Crippen LogP) is 2.19. The maximum absolute atomic E-state index is 11.5. The molecule has 3 N–H and O–H groups in total. The second kappa shape index (κ2) is 6.22. The molecule has 1 atom stereocenters. The van der Waals surface area contributed by atoms with E-state index in [-0.39, 0.29) is 5.91 Å². The van der Waals surface area contributed by atoms with Crippen molar-refractivity contribution in [3.05, 3.63) is 23.5 Å². The molecule has 0 bridgehead atoms. The van der Waals surface area contributed by atoms with Gasteiger partial charge in [0, 0.05) is 30.4 Å². The highest BCUT2D eigenvalue weighted by Crippen LogP contribution is 2.32. The topological polar surface area (TPSA) is 62.1 Å². The van der Waals surface area contributed by atoms with Crippen LogP contribution in [0.25, 0.3) is 0 Å². The minimum atomic E-state index is -0.313. The number of amides is 1. The molecule has 1 amide bonds. The third kappa shape index (κ3) is 2.88. The van der Waals surface area contributed by atoms with Gasteiger partial charge in [-0.15, -0.1) is 0 Å². The lowest BCUT2D eigenvalue weighted by molar-refractivity contribution is 0.0996. The first-order valence-corrected chi connectivity index (χ1v) is 8.70. The van der Waals surface area contributed by atoms with Crippen LogP contribution < -0.4 is 5.73 Å². The van der Waals surface area contributed by atoms with Crippen molar-refractivity contribution in [2.75, 3.05) is 24.6 Å². The van der Waals surface area contributed by atoms with Gasteiger partial charge in [-0.1, -0.05) is 0 Å². The fraction of sp³-hybridized carbons (Fsp3) is 0.667. The van der Waals surface area contributed by atoms with Gasteiger partial charge < -0.3 is 10.7 Å². The summed E-state index contributed by atoms with van der Waals surface area (Å²) < 4.78 is 0. The molecule has 1 unspecified atom stereocenters. The van der Waals surface area contributed by atoms with Crippen molar-refractivity contribution in [3.63, 3.8) is 0 Å². The summed E-state index contributed by atoms with van der Waals surface area (Å²) >= 11 is 2.07. The average molecular weight is 293 g/mol. The maximum Gasteiger partial charge on any atom is 0.250 e. The molecule has 1 aromatic heterocycles. The van der Waals surface area contributed by atoms with Crippen LogP contribution in [-0.4, -0.2) is 46.4 Å². The van der Waals surface area contributed by atoms with Gasteiger partial charge in [0.1, 0.15) is 0 Å². The lowest BCUT2D eigenvalue weighted by Crippen LogP contribution is -2.44. The summed E-state index contributed by atoms with van der Waals surface area (Å²) in [7, 11) is 0. The monoisotopic (exact) mass is 293 g/mol. The Hall–Kier alpha value is -0.940. The lowest BCUT2D eigenvalue weighted by atomic mass is 9.91. The number of aromatic nitrogens is 1. The average Bonchev–Trinajstić information content (AvgIpc) is 2.98. The largest absolute Gasteiger partial charge is 0.366 e. The molecule has 5 heteroatoms. The molecule has 0 saturated carbocycles. The lowest BCUT2D eigenvalue weighted by Gasteiger charge is -2.39. The minimum Gasteiger partial charge on any atom is -0.366 e. The zero-order valence-electron chi connectivity index (χ0n) is 11.8. The first-order valence-electron chi connectivity index (χ1n) is 7.54. The summed E-state index contributed by atoms with van der Waals surface area (Å²) in [6, 6.07) is 2.56. The molecule has 0 spiro atoms. The van der Waals surface area contributed by atoms with Crippen LogP contribution >= 0.6 is 11.8 Å². The van der Waals surface area contributed by atoms with Gasteiger partial charge in [0.2, 0.25) is 0 Å². The number of hydrogen-bond donors (Lipinski definition) is 2. The normalized spacial score (nSPS) is 25.7. The number of carbonyl (C=O) groups is 1. The Labute approximate surface area is 124 Å². The quantitative estimate of drug-likeness (QED) is 0.898. The molecule has 0 radical (unpaired) electrons. The molecule has 0 aromatic carbocycles. The van der Waals surface area contributed by atoms with Crippen LogP contribution in [0.15, 0.2) is 12.3 Å². The van der Waals surface area contributed by atoms with E-state index in [2.05, 4.69) is 21.6 Å². The van der Waals surface area contributed by atoms with Gasteiger partial charge in [0.25, 0.3) is 5.91 Å². The van der Waals surface area contributed by atoms with E-state index in [1.807, 2.05) is 12.3 Å². The molecule has 2 fully saturated rings. The first kappa shape index (κ1) is 14.0. The summed E-state index contributed by atoms with van der Waals surface area (Å²) in [4.78, 5) is 17.4. The maximum atomic E-state index is 11.5. The first-order chi connectivity index (χ1) is 9.75. The Morgan fingerprint density at radius 3 is 2.90 bits per heavy atom. The smallest absolute Gasteiger partial charge is 0.250 e. The molecule has 1 aromatic rings. The van der Waals surface area contributed by atoms with Gasteiger partial charge in [-0.25, -0.2) is 0 Å². The zero-order chi connectivity index (χ0) is 13.9. The number of H-pyrrole nitrogens is 1. The molecule has 20 heavy (non-hydrogen) atoms. The third-order valence-electron chi connectivity index (χ3n) is 4.61. The molecule has 4 nitrogen and oxygen atoms in total. The Kier molecular flexibility index (Phi) is 4.36. The third-order valence-corrected chi connectivity index (χ3v) is 5.66. The van der Waals surface area contributed by atoms with Crippen LogP contribution in [0.5, 0.6) is 0 Å². The number of likely N-dealkylation sites (tertiary alicyclic amines) is 1. The molecule has 2 aliphatic rings. The van der Waals surface area contributed by atoms with Crippen LogP contribution in [-0.2, 0) is 0 Å². The van der Waals surface area contributed by atoms with E-state index >= 15 is 0 Å². The number of nitrogens with two attached hydrogens (primary N) is 1. The number of hydrogen-bond acceptors (Lipinski definition) is 3.